The first-order chi connectivity index (χ1) is 9.55. The lowest BCUT2D eigenvalue weighted by Gasteiger charge is -2.29. The van der Waals surface area contributed by atoms with E-state index in [9.17, 15) is 13.2 Å². The number of para-hydroxylation sites is 1. The van der Waals surface area contributed by atoms with Crippen LogP contribution in [0.1, 0.15) is 11.6 Å². The summed E-state index contributed by atoms with van der Waals surface area (Å²) in [6.45, 7) is 1.64. The highest BCUT2D eigenvalue weighted by Crippen LogP contribution is 2.37. The molecule has 3 rings (SSSR count). The van der Waals surface area contributed by atoms with Crippen LogP contribution in [-0.4, -0.2) is 43.9 Å². The molecule has 2 atom stereocenters. The standard InChI is InChI=1S/C14H17F3N2O/c15-14(16,17)10-7-18-5-6-19(8-10)12-9-20-13-4-2-1-3-11(12)13/h1-4,10,12,18H,5-9H2. The van der Waals surface area contributed by atoms with Crippen LogP contribution in [0.5, 0.6) is 5.75 Å². The van der Waals surface area contributed by atoms with E-state index in [-0.39, 0.29) is 19.1 Å². The van der Waals surface area contributed by atoms with Crippen LogP contribution in [0.4, 0.5) is 13.2 Å². The summed E-state index contributed by atoms with van der Waals surface area (Å²) < 4.78 is 44.5. The summed E-state index contributed by atoms with van der Waals surface area (Å²) in [5.41, 5.74) is 0.996. The number of hydrogen-bond donors (Lipinski definition) is 1. The average Bonchev–Trinajstić information content (AvgIpc) is 2.66. The molecule has 0 aromatic heterocycles. The summed E-state index contributed by atoms with van der Waals surface area (Å²) in [4.78, 5) is 1.89. The van der Waals surface area contributed by atoms with Gasteiger partial charge in [0, 0.05) is 31.7 Å². The fourth-order valence-electron chi connectivity index (χ4n) is 2.89. The zero-order valence-corrected chi connectivity index (χ0v) is 11.0. The lowest BCUT2D eigenvalue weighted by Crippen LogP contribution is -2.40. The Balaban J connectivity index is 1.80. The minimum atomic E-state index is -4.16. The maximum absolute atomic E-state index is 13.0. The van der Waals surface area contributed by atoms with Gasteiger partial charge in [0.2, 0.25) is 0 Å². The van der Waals surface area contributed by atoms with Gasteiger partial charge in [-0.25, -0.2) is 0 Å². The van der Waals surface area contributed by atoms with Crippen LogP contribution in [0.15, 0.2) is 24.3 Å². The van der Waals surface area contributed by atoms with Crippen LogP contribution in [0.25, 0.3) is 0 Å². The van der Waals surface area contributed by atoms with Crippen LogP contribution < -0.4 is 10.1 Å². The van der Waals surface area contributed by atoms with Gasteiger partial charge in [-0.2, -0.15) is 13.2 Å². The van der Waals surface area contributed by atoms with Crippen molar-refractivity contribution < 1.29 is 17.9 Å². The highest BCUT2D eigenvalue weighted by atomic mass is 19.4. The Bertz CT molecular complexity index is 478. The van der Waals surface area contributed by atoms with Crippen molar-refractivity contribution in [2.45, 2.75) is 12.2 Å². The quantitative estimate of drug-likeness (QED) is 0.856. The number of nitrogens with one attached hydrogen (secondary N) is 1. The number of fused-ring (bicyclic) bond motifs is 1. The highest BCUT2D eigenvalue weighted by Gasteiger charge is 2.43. The van der Waals surface area contributed by atoms with Crippen molar-refractivity contribution in [1.82, 2.24) is 10.2 Å². The number of rotatable bonds is 1. The molecule has 1 saturated heterocycles. The maximum Gasteiger partial charge on any atom is 0.394 e. The van der Waals surface area contributed by atoms with Gasteiger partial charge in [-0.05, 0) is 6.07 Å². The Morgan fingerprint density at radius 2 is 2.05 bits per heavy atom. The molecule has 2 unspecified atom stereocenters. The van der Waals surface area contributed by atoms with Gasteiger partial charge in [-0.1, -0.05) is 18.2 Å². The number of alkyl halides is 3. The monoisotopic (exact) mass is 286 g/mol. The van der Waals surface area contributed by atoms with E-state index >= 15 is 0 Å². The number of halogens is 3. The van der Waals surface area contributed by atoms with Gasteiger partial charge in [0.1, 0.15) is 12.4 Å². The molecule has 2 heterocycles. The summed E-state index contributed by atoms with van der Waals surface area (Å²) >= 11 is 0. The largest absolute Gasteiger partial charge is 0.491 e. The second-order valence-electron chi connectivity index (χ2n) is 5.30. The minimum Gasteiger partial charge on any atom is -0.491 e. The molecule has 3 nitrogen and oxygen atoms in total. The number of nitrogens with zero attached hydrogens (tertiary/aromatic N) is 1. The molecule has 0 bridgehead atoms. The second-order valence-corrected chi connectivity index (χ2v) is 5.30. The fraction of sp³-hybridized carbons (Fsp3) is 0.571. The van der Waals surface area contributed by atoms with Crippen molar-refractivity contribution in [2.24, 2.45) is 5.92 Å². The lowest BCUT2D eigenvalue weighted by atomic mass is 10.0. The Morgan fingerprint density at radius 1 is 1.25 bits per heavy atom. The third kappa shape index (κ3) is 2.62. The lowest BCUT2D eigenvalue weighted by molar-refractivity contribution is -0.177. The van der Waals surface area contributed by atoms with Crippen molar-refractivity contribution in [3.63, 3.8) is 0 Å². The van der Waals surface area contributed by atoms with Gasteiger partial charge in [-0.3, -0.25) is 4.90 Å². The van der Waals surface area contributed by atoms with E-state index in [4.69, 9.17) is 4.74 Å². The molecule has 1 aromatic carbocycles. The molecular formula is C14H17F3N2O. The molecule has 110 valence electrons. The first kappa shape index (κ1) is 13.7. The van der Waals surface area contributed by atoms with Gasteiger partial charge in [0.25, 0.3) is 0 Å². The first-order valence-electron chi connectivity index (χ1n) is 6.79. The van der Waals surface area contributed by atoms with Crippen molar-refractivity contribution in [3.8, 4) is 5.75 Å². The molecule has 1 aromatic rings. The maximum atomic E-state index is 13.0. The molecule has 1 fully saturated rings. The molecule has 0 saturated carbocycles. The van der Waals surface area contributed by atoms with Gasteiger partial charge < -0.3 is 10.1 Å². The molecule has 6 heteroatoms. The first-order valence-corrected chi connectivity index (χ1v) is 6.79. The van der Waals surface area contributed by atoms with Crippen molar-refractivity contribution in [2.75, 3.05) is 32.8 Å². The van der Waals surface area contributed by atoms with Crippen LogP contribution in [0.2, 0.25) is 0 Å². The predicted molar refractivity (Wildman–Crippen MR) is 68.7 cm³/mol. The summed E-state index contributed by atoms with van der Waals surface area (Å²) in [5.74, 6) is -0.531. The molecule has 0 aliphatic carbocycles. The van der Waals surface area contributed by atoms with Crippen LogP contribution in [0, 0.1) is 5.92 Å². The van der Waals surface area contributed by atoms with E-state index in [1.807, 2.05) is 29.2 Å². The molecule has 0 radical (unpaired) electrons. The SMILES string of the molecule is FC(F)(F)C1CNCCN(C2COc3ccccc32)C1. The Morgan fingerprint density at radius 3 is 2.85 bits per heavy atom. The Kier molecular flexibility index (Phi) is 3.60. The average molecular weight is 286 g/mol. The molecule has 0 amide bonds. The van der Waals surface area contributed by atoms with E-state index in [1.54, 1.807) is 0 Å². The second kappa shape index (κ2) is 5.26. The molecule has 20 heavy (non-hydrogen) atoms. The van der Waals surface area contributed by atoms with E-state index in [1.165, 1.54) is 0 Å². The summed E-state index contributed by atoms with van der Waals surface area (Å²) in [6, 6.07) is 7.51. The third-order valence-electron chi connectivity index (χ3n) is 4.00. The minimum absolute atomic E-state index is 0.00474. The molecule has 2 aliphatic heterocycles. The summed E-state index contributed by atoms with van der Waals surface area (Å²) in [5, 5.41) is 2.88. The zero-order valence-electron chi connectivity index (χ0n) is 11.0. The van der Waals surface area contributed by atoms with Crippen molar-refractivity contribution >= 4 is 0 Å². The topological polar surface area (TPSA) is 24.5 Å². The van der Waals surface area contributed by atoms with E-state index in [2.05, 4.69) is 5.32 Å². The fourth-order valence-corrected chi connectivity index (χ4v) is 2.89. The van der Waals surface area contributed by atoms with Crippen LogP contribution in [-0.2, 0) is 0 Å². The summed E-state index contributed by atoms with van der Waals surface area (Å²) in [6.07, 6.45) is -4.16. The Labute approximate surface area is 115 Å². The van der Waals surface area contributed by atoms with E-state index < -0.39 is 12.1 Å². The predicted octanol–water partition coefficient (Wildman–Crippen LogP) is 2.20. The van der Waals surface area contributed by atoms with E-state index in [0.717, 1.165) is 11.3 Å². The van der Waals surface area contributed by atoms with E-state index in [0.29, 0.717) is 19.7 Å². The van der Waals surface area contributed by atoms with Crippen LogP contribution in [0.3, 0.4) is 0 Å². The van der Waals surface area contributed by atoms with Gasteiger partial charge >= 0.3 is 6.18 Å². The van der Waals surface area contributed by atoms with Gasteiger partial charge in [-0.15, -0.1) is 0 Å². The normalized spacial score (nSPS) is 27.8. The number of benzene rings is 1. The number of ether oxygens (including phenoxy) is 1. The zero-order chi connectivity index (χ0) is 14.2. The third-order valence-corrected chi connectivity index (χ3v) is 4.00. The highest BCUT2D eigenvalue weighted by molar-refractivity contribution is 5.39. The molecular weight excluding hydrogens is 269 g/mol. The van der Waals surface area contributed by atoms with Gasteiger partial charge in [0.15, 0.2) is 0 Å². The van der Waals surface area contributed by atoms with Crippen LogP contribution >= 0.6 is 0 Å². The van der Waals surface area contributed by atoms with Crippen molar-refractivity contribution in [1.29, 1.82) is 0 Å². The summed E-state index contributed by atoms with van der Waals surface area (Å²) in [7, 11) is 0. The molecule has 0 spiro atoms. The Hall–Kier alpha value is -1.27. The van der Waals surface area contributed by atoms with Gasteiger partial charge in [0.05, 0.1) is 12.0 Å². The molecule has 2 aliphatic rings. The van der Waals surface area contributed by atoms with Crippen molar-refractivity contribution in [3.05, 3.63) is 29.8 Å². The smallest absolute Gasteiger partial charge is 0.394 e. The number of hydrogen-bond acceptors (Lipinski definition) is 3. The molecule has 1 N–H and O–H groups in total.